The summed E-state index contributed by atoms with van der Waals surface area (Å²) in [4.78, 5) is 39.8. The van der Waals surface area contributed by atoms with Crippen molar-refractivity contribution in [3.63, 3.8) is 0 Å². The van der Waals surface area contributed by atoms with Gasteiger partial charge in [0.1, 0.15) is 19.3 Å². The number of carbonyl (C=O) groups excluding carboxylic acids is 2. The smallest absolute Gasteiger partial charge is 0.306 e. The quantitative estimate of drug-likeness (QED) is 0.0212. The molecule has 0 aromatic carbocycles. The third-order valence-corrected chi connectivity index (χ3v) is 12.5. The van der Waals surface area contributed by atoms with Gasteiger partial charge >= 0.3 is 5.97 Å². The van der Waals surface area contributed by atoms with Crippen molar-refractivity contribution in [1.29, 1.82) is 0 Å². The molecule has 0 saturated heterocycles. The number of esters is 1. The van der Waals surface area contributed by atoms with Gasteiger partial charge in [0, 0.05) is 12.8 Å². The molecule has 0 radical (unpaired) electrons. The van der Waals surface area contributed by atoms with Gasteiger partial charge in [-0.05, 0) is 109 Å². The van der Waals surface area contributed by atoms with Crippen LogP contribution < -0.4 is 10.2 Å². The molecule has 9 nitrogen and oxygen atoms in total. The van der Waals surface area contributed by atoms with E-state index in [4.69, 9.17) is 13.8 Å². The zero-order chi connectivity index (χ0) is 53.6. The molecular formula is C63H105N2O7P. The van der Waals surface area contributed by atoms with Crippen molar-refractivity contribution in [2.24, 2.45) is 0 Å². The Hall–Kier alpha value is -3.85. The Bertz CT molecular complexity index is 1710. The number of phosphoric ester groups is 1. The Balaban J connectivity index is 5.55. The molecule has 0 aromatic rings. The second-order valence-corrected chi connectivity index (χ2v) is 21.1. The molecule has 0 aliphatic rings. The van der Waals surface area contributed by atoms with Crippen molar-refractivity contribution in [3.8, 4) is 0 Å². The molecule has 0 aliphatic heterocycles. The van der Waals surface area contributed by atoms with Gasteiger partial charge in [-0.25, -0.2) is 0 Å². The van der Waals surface area contributed by atoms with Crippen LogP contribution in [0, 0.1) is 0 Å². The van der Waals surface area contributed by atoms with Gasteiger partial charge in [0.25, 0.3) is 7.82 Å². The van der Waals surface area contributed by atoms with Crippen molar-refractivity contribution in [3.05, 3.63) is 134 Å². The molecule has 0 rings (SSSR count). The molecule has 0 aliphatic carbocycles. The fraction of sp³-hybridized carbons (Fsp3) is 0.619. The fourth-order valence-corrected chi connectivity index (χ4v) is 7.91. The normalized spacial score (nSPS) is 14.8. The van der Waals surface area contributed by atoms with E-state index in [0.717, 1.165) is 83.5 Å². The SMILES string of the molecule is CC/C=C\C/C=C\C/C=C\C/C=C\C/C=C\C/C=C\CCC(=O)OC(/C=C/CCCCCCCCCCC)C(COP(=O)([O-])OCC[N+](C)(C)C)NC(=O)CCC/C=C\C/C=C\C/C=C\C/C=C\CCCCC. The summed E-state index contributed by atoms with van der Waals surface area (Å²) in [5.41, 5.74) is 0. The Kier molecular flexibility index (Phi) is 48.9. The standard InChI is InChI=1S/C63H105N2O7P/c1-7-10-13-16-19-22-25-27-29-31-32-34-36-38-41-44-47-50-53-56-63(67)72-61(54-51-48-45-42-39-24-21-18-15-12-9-3)60(59-71-73(68,69)70-58-57-65(4,5)6)64-62(66)55-52-49-46-43-40-37-35-33-30-28-26-23-20-17-14-11-8-2/h10,13,19-20,22-23,27-30,32,34-35,37-38,41,43,46-47,50-51,54,60-61H,7-9,11-12,14-18,21,24-26,31,33,36,39-40,42,44-45,48-49,52-53,55-59H2,1-6H3,(H-,64,66,68,69)/b13-10-,22-19-,23-20-,29-27-,30-28-,34-32-,37-35-,41-38-,46-43-,50-47-,54-51+. The highest BCUT2D eigenvalue weighted by atomic mass is 31.2. The fourth-order valence-electron chi connectivity index (χ4n) is 7.18. The van der Waals surface area contributed by atoms with Gasteiger partial charge in [-0.3, -0.25) is 14.2 Å². The van der Waals surface area contributed by atoms with Crippen LogP contribution in [0.1, 0.15) is 201 Å². The van der Waals surface area contributed by atoms with Crippen LogP contribution in [0.3, 0.4) is 0 Å². The number of quaternary nitrogens is 1. The number of nitrogens with one attached hydrogen (secondary N) is 1. The summed E-state index contributed by atoms with van der Waals surface area (Å²) in [6.07, 6.45) is 73.0. The van der Waals surface area contributed by atoms with E-state index in [1.807, 2.05) is 39.4 Å². The summed E-state index contributed by atoms with van der Waals surface area (Å²) in [5, 5.41) is 2.96. The van der Waals surface area contributed by atoms with E-state index in [9.17, 15) is 19.0 Å². The van der Waals surface area contributed by atoms with Crippen molar-refractivity contribution >= 4 is 19.7 Å². The van der Waals surface area contributed by atoms with Crippen molar-refractivity contribution in [2.75, 3.05) is 40.9 Å². The van der Waals surface area contributed by atoms with E-state index in [1.165, 1.54) is 64.2 Å². The molecule has 0 fully saturated rings. The first-order valence-corrected chi connectivity index (χ1v) is 30.0. The second-order valence-electron chi connectivity index (χ2n) is 19.7. The maximum absolute atomic E-state index is 13.4. The van der Waals surface area contributed by atoms with Crippen LogP contribution in [0.5, 0.6) is 0 Å². The van der Waals surface area contributed by atoms with Gasteiger partial charge in [-0.15, -0.1) is 0 Å². The number of ether oxygens (including phenoxy) is 1. The first-order chi connectivity index (χ1) is 35.4. The van der Waals surface area contributed by atoms with E-state index >= 15 is 0 Å². The highest BCUT2D eigenvalue weighted by molar-refractivity contribution is 7.45. The van der Waals surface area contributed by atoms with Crippen molar-refractivity contribution < 1.29 is 37.3 Å². The molecule has 0 bridgehead atoms. The Morgan fingerprint density at radius 3 is 1.37 bits per heavy atom. The lowest BCUT2D eigenvalue weighted by Crippen LogP contribution is -2.47. The van der Waals surface area contributed by atoms with Crippen LogP contribution in [0.4, 0.5) is 0 Å². The van der Waals surface area contributed by atoms with E-state index in [0.29, 0.717) is 30.3 Å². The molecule has 414 valence electrons. The number of likely N-dealkylation sites (N-methyl/N-ethyl adjacent to an activating group) is 1. The van der Waals surface area contributed by atoms with Gasteiger partial charge in [-0.1, -0.05) is 213 Å². The topological polar surface area (TPSA) is 114 Å². The monoisotopic (exact) mass is 1030 g/mol. The molecule has 1 N–H and O–H groups in total. The molecule has 0 saturated carbocycles. The molecular weight excluding hydrogens is 928 g/mol. The zero-order valence-electron chi connectivity index (χ0n) is 47.0. The molecule has 3 atom stereocenters. The van der Waals surface area contributed by atoms with Crippen molar-refractivity contribution in [1.82, 2.24) is 5.32 Å². The lowest BCUT2D eigenvalue weighted by Gasteiger charge is -2.30. The zero-order valence-corrected chi connectivity index (χ0v) is 47.9. The van der Waals surface area contributed by atoms with Gasteiger partial charge in [-0.2, -0.15) is 0 Å². The number of amides is 1. The summed E-state index contributed by atoms with van der Waals surface area (Å²) in [6, 6.07) is -0.956. The van der Waals surface area contributed by atoms with Gasteiger partial charge in [0.05, 0.1) is 33.8 Å². The van der Waals surface area contributed by atoms with Gasteiger partial charge in [0.15, 0.2) is 0 Å². The summed E-state index contributed by atoms with van der Waals surface area (Å²) in [7, 11) is 1.09. The van der Waals surface area contributed by atoms with E-state index < -0.39 is 32.5 Å². The minimum atomic E-state index is -4.73. The first kappa shape index (κ1) is 69.2. The Labute approximate surface area is 447 Å². The number of rotatable bonds is 49. The van der Waals surface area contributed by atoms with Gasteiger partial charge in [0.2, 0.25) is 5.91 Å². The second kappa shape index (κ2) is 51.6. The van der Waals surface area contributed by atoms with Crippen LogP contribution >= 0.6 is 7.82 Å². The van der Waals surface area contributed by atoms with Crippen LogP contribution in [0.2, 0.25) is 0 Å². The average Bonchev–Trinajstić information content (AvgIpc) is 3.35. The summed E-state index contributed by atoms with van der Waals surface area (Å²) >= 11 is 0. The van der Waals surface area contributed by atoms with Crippen LogP contribution in [0.15, 0.2) is 134 Å². The third-order valence-electron chi connectivity index (χ3n) is 11.6. The highest BCUT2D eigenvalue weighted by Crippen LogP contribution is 2.38. The lowest BCUT2D eigenvalue weighted by atomic mass is 10.1. The largest absolute Gasteiger partial charge is 0.756 e. The number of carbonyl (C=O) groups is 2. The van der Waals surface area contributed by atoms with Crippen LogP contribution in [-0.4, -0.2) is 69.4 Å². The number of hydrogen-bond acceptors (Lipinski definition) is 7. The predicted molar refractivity (Wildman–Crippen MR) is 311 cm³/mol. The summed E-state index contributed by atoms with van der Waals surface area (Å²) in [6.45, 7) is 6.56. The molecule has 0 aromatic heterocycles. The third kappa shape index (κ3) is 52.8. The number of unbranched alkanes of at least 4 members (excludes halogenated alkanes) is 13. The molecule has 3 unspecified atom stereocenters. The Morgan fingerprint density at radius 2 is 0.890 bits per heavy atom. The number of allylic oxidation sites excluding steroid dienone is 21. The lowest BCUT2D eigenvalue weighted by molar-refractivity contribution is -0.870. The average molecular weight is 1030 g/mol. The summed E-state index contributed by atoms with van der Waals surface area (Å²) < 4.78 is 30.1. The highest BCUT2D eigenvalue weighted by Gasteiger charge is 2.27. The minimum Gasteiger partial charge on any atom is -0.756 e. The first-order valence-electron chi connectivity index (χ1n) is 28.5. The number of phosphoric acid groups is 1. The molecule has 1 amide bonds. The maximum atomic E-state index is 13.4. The molecule has 0 heterocycles. The minimum absolute atomic E-state index is 0.0512. The molecule has 0 spiro atoms. The maximum Gasteiger partial charge on any atom is 0.306 e. The van der Waals surface area contributed by atoms with Gasteiger partial charge < -0.3 is 28.5 Å². The number of nitrogens with zero attached hydrogens (tertiary/aromatic N) is 1. The molecule has 73 heavy (non-hydrogen) atoms. The predicted octanol–water partition coefficient (Wildman–Crippen LogP) is 16.7. The summed E-state index contributed by atoms with van der Waals surface area (Å²) in [5.74, 6) is -0.718. The van der Waals surface area contributed by atoms with E-state index in [2.05, 4.69) is 135 Å². The van der Waals surface area contributed by atoms with Crippen molar-refractivity contribution in [2.45, 2.75) is 213 Å². The number of hydrogen-bond donors (Lipinski definition) is 1. The Morgan fingerprint density at radius 1 is 0.493 bits per heavy atom. The van der Waals surface area contributed by atoms with E-state index in [1.54, 1.807) is 6.08 Å². The van der Waals surface area contributed by atoms with Crippen LogP contribution in [0.25, 0.3) is 0 Å². The van der Waals surface area contributed by atoms with Crippen LogP contribution in [-0.2, 0) is 27.9 Å². The molecule has 10 heteroatoms. The van der Waals surface area contributed by atoms with E-state index in [-0.39, 0.29) is 25.4 Å².